The second kappa shape index (κ2) is 8.73. The highest BCUT2D eigenvalue weighted by atomic mass is 32.2. The number of urea groups is 1. The molecular weight excluding hydrogens is 484 g/mol. The van der Waals surface area contributed by atoms with E-state index in [9.17, 15) is 47.4 Å². The maximum absolute atomic E-state index is 12.4. The monoisotopic (exact) mass is 500 g/mol. The molecule has 0 saturated carbocycles. The summed E-state index contributed by atoms with van der Waals surface area (Å²) in [5.74, 6) is -6.19. The number of piperazine rings is 1. The summed E-state index contributed by atoms with van der Waals surface area (Å²) in [6.45, 7) is -1.64. The second-order valence-corrected chi connectivity index (χ2v) is 8.44. The summed E-state index contributed by atoms with van der Waals surface area (Å²) >= 11 is 0. The van der Waals surface area contributed by atoms with Gasteiger partial charge >= 0.3 is 34.1 Å². The van der Waals surface area contributed by atoms with E-state index in [1.807, 2.05) is 5.32 Å². The zero-order valence-corrected chi connectivity index (χ0v) is 17.6. The molecule has 0 spiro atoms. The molecule has 2 fully saturated rings. The zero-order valence-electron chi connectivity index (χ0n) is 16.8. The highest BCUT2D eigenvalue weighted by Crippen LogP contribution is 2.24. The maximum Gasteiger partial charge on any atom is 0.405 e. The van der Waals surface area contributed by atoms with Gasteiger partial charge in [-0.1, -0.05) is 0 Å². The normalized spacial score (nSPS) is 18.3. The summed E-state index contributed by atoms with van der Waals surface area (Å²) in [4.78, 5) is 71.5. The minimum absolute atomic E-state index is 0.0273. The van der Waals surface area contributed by atoms with Gasteiger partial charge < -0.3 is 20.6 Å². The van der Waals surface area contributed by atoms with Crippen molar-refractivity contribution in [1.29, 1.82) is 0 Å². The predicted octanol–water partition coefficient (Wildman–Crippen LogP) is -3.15. The van der Waals surface area contributed by atoms with Crippen LogP contribution in [-0.2, 0) is 24.6 Å². The van der Waals surface area contributed by atoms with E-state index in [2.05, 4.69) is 5.43 Å². The Kier molecular flexibility index (Phi) is 6.17. The lowest BCUT2D eigenvalue weighted by atomic mass is 10.1. The van der Waals surface area contributed by atoms with Crippen LogP contribution in [0.1, 0.15) is 10.4 Å². The predicted molar refractivity (Wildman–Crippen MR) is 105 cm³/mol. The molecule has 0 radical (unpaired) electrons. The van der Waals surface area contributed by atoms with Crippen LogP contribution in [0.15, 0.2) is 18.2 Å². The van der Waals surface area contributed by atoms with Gasteiger partial charge in [0.2, 0.25) is 0 Å². The SMILES string of the molecule is O=C(O)NC1CN(C(=O)NS(=O)(=O)N2CCN(NC(=O)c3ccc(O)c(O)c3)C(=O)C2=O)C1=O. The number of hydrazine groups is 1. The molecule has 2 aliphatic rings. The van der Waals surface area contributed by atoms with Gasteiger partial charge in [-0.25, -0.2) is 23.6 Å². The fraction of sp³-hybridized carbons (Fsp3) is 0.250. The number of carbonyl (C=O) groups is 6. The van der Waals surface area contributed by atoms with Crippen molar-refractivity contribution in [2.75, 3.05) is 19.6 Å². The lowest BCUT2D eigenvalue weighted by Crippen LogP contribution is -2.68. The van der Waals surface area contributed by atoms with Gasteiger partial charge in [-0.3, -0.25) is 29.5 Å². The van der Waals surface area contributed by atoms with Crippen molar-refractivity contribution in [3.63, 3.8) is 0 Å². The molecule has 0 bridgehead atoms. The van der Waals surface area contributed by atoms with E-state index in [-0.39, 0.29) is 9.87 Å². The molecule has 17 nitrogen and oxygen atoms in total. The summed E-state index contributed by atoms with van der Waals surface area (Å²) in [7, 11) is -4.93. The van der Waals surface area contributed by atoms with Gasteiger partial charge in [-0.2, -0.15) is 8.42 Å². The van der Waals surface area contributed by atoms with Crippen LogP contribution in [0, 0.1) is 0 Å². The number of benzene rings is 1. The van der Waals surface area contributed by atoms with Crippen molar-refractivity contribution in [3.8, 4) is 11.5 Å². The smallest absolute Gasteiger partial charge is 0.405 e. The lowest BCUT2D eigenvalue weighted by Gasteiger charge is -2.37. The molecule has 34 heavy (non-hydrogen) atoms. The zero-order chi connectivity index (χ0) is 25.4. The van der Waals surface area contributed by atoms with Crippen molar-refractivity contribution >= 4 is 46.0 Å². The molecule has 6 N–H and O–H groups in total. The van der Waals surface area contributed by atoms with Gasteiger partial charge in [0.25, 0.3) is 11.8 Å². The second-order valence-electron chi connectivity index (χ2n) is 6.84. The third-order valence-electron chi connectivity index (χ3n) is 4.63. The lowest BCUT2D eigenvalue weighted by molar-refractivity contribution is -0.154. The Labute approximate surface area is 189 Å². The van der Waals surface area contributed by atoms with Crippen molar-refractivity contribution in [2.45, 2.75) is 6.04 Å². The number of aromatic hydroxyl groups is 2. The van der Waals surface area contributed by atoms with Crippen LogP contribution in [0.4, 0.5) is 9.59 Å². The van der Waals surface area contributed by atoms with Crippen LogP contribution >= 0.6 is 0 Å². The van der Waals surface area contributed by atoms with Gasteiger partial charge in [-0.15, -0.1) is 0 Å². The Balaban J connectivity index is 1.61. The van der Waals surface area contributed by atoms with Crippen LogP contribution in [-0.4, -0.2) is 99.4 Å². The molecular formula is C16H16N6O11S. The molecule has 2 aliphatic heterocycles. The molecule has 2 heterocycles. The van der Waals surface area contributed by atoms with Crippen LogP contribution in [0.25, 0.3) is 0 Å². The number of nitrogens with one attached hydrogen (secondary N) is 3. The highest BCUT2D eigenvalue weighted by Gasteiger charge is 2.45. The topological polar surface area (TPSA) is 243 Å². The summed E-state index contributed by atoms with van der Waals surface area (Å²) in [6.07, 6.45) is -1.53. The quantitative estimate of drug-likeness (QED) is 0.134. The first kappa shape index (κ1) is 24.0. The van der Waals surface area contributed by atoms with Gasteiger partial charge in [0.05, 0.1) is 19.6 Å². The average Bonchev–Trinajstić information content (AvgIpc) is 2.74. The summed E-state index contributed by atoms with van der Waals surface area (Å²) in [6, 6.07) is 0.308. The fourth-order valence-electron chi connectivity index (χ4n) is 2.89. The van der Waals surface area contributed by atoms with Crippen molar-refractivity contribution in [1.82, 2.24) is 29.7 Å². The Bertz CT molecular complexity index is 1220. The molecule has 18 heteroatoms. The number of amides is 7. The van der Waals surface area contributed by atoms with Crippen molar-refractivity contribution < 1.29 is 52.5 Å². The first-order chi connectivity index (χ1) is 15.8. The Morgan fingerprint density at radius 1 is 1.00 bits per heavy atom. The number of rotatable bonds is 5. The fourth-order valence-corrected chi connectivity index (χ4v) is 3.95. The molecule has 0 aliphatic carbocycles. The van der Waals surface area contributed by atoms with E-state index in [0.29, 0.717) is 9.91 Å². The van der Waals surface area contributed by atoms with Crippen LogP contribution in [0.3, 0.4) is 0 Å². The average molecular weight is 500 g/mol. The third kappa shape index (κ3) is 4.60. The van der Waals surface area contributed by atoms with E-state index in [1.54, 1.807) is 0 Å². The van der Waals surface area contributed by atoms with Crippen LogP contribution < -0.4 is 15.5 Å². The number of phenolic OH excluding ortho intramolecular Hbond substituents is 2. The number of likely N-dealkylation sites (tertiary alicyclic amines) is 1. The Morgan fingerprint density at radius 3 is 2.26 bits per heavy atom. The number of carbonyl (C=O) groups excluding carboxylic acids is 5. The highest BCUT2D eigenvalue weighted by molar-refractivity contribution is 7.88. The number of hydrogen-bond acceptors (Lipinski definition) is 10. The summed E-state index contributed by atoms with van der Waals surface area (Å²) in [5, 5.41) is 29.6. The van der Waals surface area contributed by atoms with Crippen molar-refractivity contribution in [3.05, 3.63) is 23.8 Å². The largest absolute Gasteiger partial charge is 0.504 e. The van der Waals surface area contributed by atoms with Gasteiger partial charge in [-0.05, 0) is 18.2 Å². The van der Waals surface area contributed by atoms with E-state index in [0.717, 1.165) is 18.2 Å². The molecule has 7 amide bonds. The third-order valence-corrected chi connectivity index (χ3v) is 6.00. The molecule has 1 aromatic carbocycles. The van der Waals surface area contributed by atoms with Crippen LogP contribution in [0.2, 0.25) is 0 Å². The van der Waals surface area contributed by atoms with Gasteiger partial charge in [0.1, 0.15) is 6.04 Å². The van der Waals surface area contributed by atoms with E-state index in [1.165, 1.54) is 4.72 Å². The molecule has 2 saturated heterocycles. The molecule has 1 aromatic rings. The number of nitrogens with zero attached hydrogens (tertiary/aromatic N) is 3. The Morgan fingerprint density at radius 2 is 1.68 bits per heavy atom. The van der Waals surface area contributed by atoms with E-state index >= 15 is 0 Å². The first-order valence-corrected chi connectivity index (χ1v) is 10.6. The number of imide groups is 1. The molecule has 1 unspecified atom stereocenters. The number of carboxylic acid groups (broad SMARTS) is 1. The molecule has 182 valence electrons. The molecule has 3 rings (SSSR count). The van der Waals surface area contributed by atoms with E-state index in [4.69, 9.17) is 5.11 Å². The molecule has 0 aromatic heterocycles. The number of phenols is 2. The van der Waals surface area contributed by atoms with E-state index < -0.39 is 83.1 Å². The number of β-lactam (4-membered cyclic amide) rings is 1. The maximum atomic E-state index is 12.4. The van der Waals surface area contributed by atoms with Crippen LogP contribution in [0.5, 0.6) is 11.5 Å². The summed E-state index contributed by atoms with van der Waals surface area (Å²) < 4.78 is 26.3. The Hall–Kier alpha value is -4.61. The van der Waals surface area contributed by atoms with Crippen molar-refractivity contribution in [2.24, 2.45) is 0 Å². The number of hydrogen-bond donors (Lipinski definition) is 6. The first-order valence-electron chi connectivity index (χ1n) is 9.16. The van der Waals surface area contributed by atoms with Gasteiger partial charge in [0.15, 0.2) is 11.5 Å². The van der Waals surface area contributed by atoms with Gasteiger partial charge in [0, 0.05) is 5.56 Å². The standard InChI is InChI=1S/C16H16N6O11S/c23-9-2-1-7(5-10(9)24)11(25)18-21-3-4-22(14(28)13(21)27)34(32,33)19-15(29)20-6-8(12(20)26)17-16(30)31/h1-2,5,8,17,23-24H,3-4,6H2,(H,18,25)(H,19,29)(H,30,31). The summed E-state index contributed by atoms with van der Waals surface area (Å²) in [5.41, 5.74) is 1.86. The molecule has 1 atom stereocenters. The minimum atomic E-state index is -4.93. The minimum Gasteiger partial charge on any atom is -0.504 e.